The highest BCUT2D eigenvalue weighted by atomic mass is 32.2. The van der Waals surface area contributed by atoms with Crippen molar-refractivity contribution in [1.82, 2.24) is 14.9 Å². The standard InChI is InChI=1S/C33H36F3N5O4S/c1-19-5-3-6-20(2)28(19)26-12-27-39-30(38-26)40-46(43,44)25-8-4-7-21(11-25)29(42)41(23-15-31(16-23)13-22(37)14-31)24(18-45-27)17-32(9-10-32)33(34,35)36/h3-8,11-12,22-24H,9-10,13-18,37H2,1-2H3,(H,38,39,40)/t22?,23?,24-,31?/m1/s1. The van der Waals surface area contributed by atoms with Crippen LogP contribution in [0, 0.1) is 24.7 Å². The van der Waals surface area contributed by atoms with E-state index in [-0.39, 0.29) is 65.7 Å². The molecule has 2 heterocycles. The summed E-state index contributed by atoms with van der Waals surface area (Å²) in [5.41, 5.74) is 7.13. The Bertz CT molecular complexity index is 1790. The highest BCUT2D eigenvalue weighted by Crippen LogP contribution is 2.62. The number of rotatable bonds is 4. The number of halogens is 3. The molecule has 0 radical (unpaired) electrons. The van der Waals surface area contributed by atoms with Crippen LogP contribution in [0.5, 0.6) is 5.88 Å². The number of carbonyl (C=O) groups is 1. The van der Waals surface area contributed by atoms with Crippen molar-refractivity contribution >= 4 is 21.9 Å². The molecule has 1 aromatic heterocycles. The number of amides is 1. The van der Waals surface area contributed by atoms with Crippen LogP contribution < -0.4 is 15.2 Å². The first-order valence-corrected chi connectivity index (χ1v) is 17.0. The number of nitrogens with two attached hydrogens (primary N) is 1. The minimum Gasteiger partial charge on any atom is -0.475 e. The molecule has 3 aliphatic carbocycles. The summed E-state index contributed by atoms with van der Waals surface area (Å²) in [6, 6.07) is 11.6. The number of nitrogens with zero attached hydrogens (tertiary/aromatic N) is 3. The average Bonchev–Trinajstić information content (AvgIpc) is 3.74. The first kappa shape index (κ1) is 30.9. The molecule has 0 saturated heterocycles. The summed E-state index contributed by atoms with van der Waals surface area (Å²) in [6.45, 7) is 3.53. The van der Waals surface area contributed by atoms with Gasteiger partial charge in [0.05, 0.1) is 22.0 Å². The number of benzene rings is 2. The molecule has 1 spiro atoms. The van der Waals surface area contributed by atoms with E-state index in [0.717, 1.165) is 29.5 Å². The molecule has 1 amide bonds. The predicted octanol–water partition coefficient (Wildman–Crippen LogP) is 5.77. The zero-order valence-corrected chi connectivity index (χ0v) is 26.4. The van der Waals surface area contributed by atoms with Gasteiger partial charge in [-0.25, -0.2) is 18.1 Å². The van der Waals surface area contributed by atoms with Crippen LogP contribution in [-0.4, -0.2) is 60.1 Å². The number of hydrogen-bond donors (Lipinski definition) is 2. The van der Waals surface area contributed by atoms with Crippen LogP contribution in [0.1, 0.15) is 66.4 Å². The Morgan fingerprint density at radius 1 is 1.02 bits per heavy atom. The largest absolute Gasteiger partial charge is 0.475 e. The molecule has 244 valence electrons. The van der Waals surface area contributed by atoms with Crippen LogP contribution in [0.4, 0.5) is 19.1 Å². The van der Waals surface area contributed by atoms with Crippen LogP contribution in [0.15, 0.2) is 53.4 Å². The Kier molecular flexibility index (Phi) is 7.17. The fourth-order valence-corrected chi connectivity index (χ4v) is 8.78. The Balaban J connectivity index is 1.35. The van der Waals surface area contributed by atoms with Crippen molar-refractivity contribution in [1.29, 1.82) is 0 Å². The fourth-order valence-electron chi connectivity index (χ4n) is 7.79. The van der Waals surface area contributed by atoms with Gasteiger partial charge in [0.2, 0.25) is 11.8 Å². The Morgan fingerprint density at radius 3 is 2.33 bits per heavy atom. The monoisotopic (exact) mass is 655 g/mol. The first-order chi connectivity index (χ1) is 21.7. The van der Waals surface area contributed by atoms with Crippen LogP contribution in [-0.2, 0) is 10.0 Å². The van der Waals surface area contributed by atoms with E-state index < -0.39 is 33.6 Å². The van der Waals surface area contributed by atoms with E-state index in [2.05, 4.69) is 14.7 Å². The third-order valence-corrected chi connectivity index (χ3v) is 11.6. The van der Waals surface area contributed by atoms with Gasteiger partial charge in [0, 0.05) is 29.3 Å². The third kappa shape index (κ3) is 5.40. The Morgan fingerprint density at radius 2 is 1.70 bits per heavy atom. The summed E-state index contributed by atoms with van der Waals surface area (Å²) in [4.78, 5) is 24.5. The number of ether oxygens (including phenoxy) is 1. The van der Waals surface area contributed by atoms with E-state index in [1.165, 1.54) is 29.2 Å². The molecule has 0 unspecified atom stereocenters. The van der Waals surface area contributed by atoms with E-state index >= 15 is 0 Å². The number of aryl methyl sites for hydroxylation is 2. The second-order valence-electron chi connectivity index (χ2n) is 13.7. The number of alkyl halides is 3. The minimum absolute atomic E-state index is 0.0133. The summed E-state index contributed by atoms with van der Waals surface area (Å²) < 4.78 is 78.9. The molecule has 3 N–H and O–H groups in total. The highest BCUT2D eigenvalue weighted by molar-refractivity contribution is 7.92. The molecule has 4 aliphatic rings. The number of hydrogen-bond acceptors (Lipinski definition) is 7. The molecule has 13 heteroatoms. The fraction of sp³-hybridized carbons (Fsp3) is 0.485. The molecule has 1 aliphatic heterocycles. The quantitative estimate of drug-likeness (QED) is 0.366. The molecular formula is C33H36F3N5O4S. The van der Waals surface area contributed by atoms with E-state index in [1.807, 2.05) is 32.0 Å². The molecular weight excluding hydrogens is 619 g/mol. The van der Waals surface area contributed by atoms with Crippen molar-refractivity contribution in [3.05, 3.63) is 65.2 Å². The van der Waals surface area contributed by atoms with E-state index in [1.54, 1.807) is 6.07 Å². The van der Waals surface area contributed by atoms with Crippen molar-refractivity contribution < 1.29 is 31.1 Å². The summed E-state index contributed by atoms with van der Waals surface area (Å²) in [5, 5.41) is 0. The van der Waals surface area contributed by atoms with E-state index in [4.69, 9.17) is 10.5 Å². The highest BCUT2D eigenvalue weighted by Gasteiger charge is 2.64. The second kappa shape index (κ2) is 10.7. The molecule has 3 aromatic rings. The number of sulfonamides is 1. The lowest BCUT2D eigenvalue weighted by Gasteiger charge is -2.60. The van der Waals surface area contributed by atoms with Gasteiger partial charge in [0.1, 0.15) is 6.61 Å². The topological polar surface area (TPSA) is 128 Å². The van der Waals surface area contributed by atoms with Crippen molar-refractivity contribution in [3.63, 3.8) is 0 Å². The van der Waals surface area contributed by atoms with Crippen LogP contribution in [0.2, 0.25) is 0 Å². The SMILES string of the molecule is Cc1cccc(C)c1-c1cc2nc(n1)NS(=O)(=O)c1cccc(c1)C(=O)N(C1CC3(CC(N)C3)C1)[C@H](CC1(C(F)(F)F)CC1)CO2. The predicted molar refractivity (Wildman–Crippen MR) is 165 cm³/mol. The molecule has 2 aromatic carbocycles. The normalized spacial score (nSPS) is 28.0. The van der Waals surface area contributed by atoms with Gasteiger partial charge in [-0.3, -0.25) is 4.79 Å². The first-order valence-electron chi connectivity index (χ1n) is 15.5. The number of aromatic nitrogens is 2. The van der Waals surface area contributed by atoms with Gasteiger partial charge in [-0.15, -0.1) is 0 Å². The number of carbonyl (C=O) groups excluding carboxylic acids is 1. The molecule has 9 nitrogen and oxygen atoms in total. The van der Waals surface area contributed by atoms with Gasteiger partial charge >= 0.3 is 6.18 Å². The van der Waals surface area contributed by atoms with Gasteiger partial charge in [-0.2, -0.15) is 18.2 Å². The lowest BCUT2D eigenvalue weighted by Crippen LogP contribution is -2.63. The van der Waals surface area contributed by atoms with Gasteiger partial charge in [0.15, 0.2) is 0 Å². The van der Waals surface area contributed by atoms with E-state index in [9.17, 15) is 26.4 Å². The summed E-state index contributed by atoms with van der Waals surface area (Å²) in [6.07, 6.45) is -1.96. The van der Waals surface area contributed by atoms with Gasteiger partial charge in [-0.05, 0) is 93.5 Å². The minimum atomic E-state index is -4.44. The smallest absolute Gasteiger partial charge is 0.394 e. The Hall–Kier alpha value is -3.71. The maximum absolute atomic E-state index is 14.4. The van der Waals surface area contributed by atoms with E-state index in [0.29, 0.717) is 18.5 Å². The lowest BCUT2D eigenvalue weighted by atomic mass is 9.52. The Labute approximate surface area is 265 Å². The number of nitrogens with one attached hydrogen (secondary N) is 1. The van der Waals surface area contributed by atoms with Gasteiger partial charge < -0.3 is 15.4 Å². The molecule has 3 saturated carbocycles. The third-order valence-electron chi connectivity index (χ3n) is 10.3. The maximum atomic E-state index is 14.4. The maximum Gasteiger partial charge on any atom is 0.394 e. The van der Waals surface area contributed by atoms with Crippen LogP contribution in [0.3, 0.4) is 0 Å². The molecule has 1 atom stereocenters. The zero-order chi connectivity index (χ0) is 32.6. The van der Waals surface area contributed by atoms with Gasteiger partial charge in [-0.1, -0.05) is 24.3 Å². The van der Waals surface area contributed by atoms with Crippen molar-refractivity contribution in [3.8, 4) is 17.1 Å². The summed E-state index contributed by atoms with van der Waals surface area (Å²) in [7, 11) is -4.27. The van der Waals surface area contributed by atoms with Crippen molar-refractivity contribution in [2.75, 3.05) is 11.3 Å². The van der Waals surface area contributed by atoms with Crippen molar-refractivity contribution in [2.45, 2.75) is 88.0 Å². The zero-order valence-electron chi connectivity index (χ0n) is 25.6. The number of anilines is 1. The average molecular weight is 656 g/mol. The summed E-state index contributed by atoms with van der Waals surface area (Å²) in [5.74, 6) is -0.795. The molecule has 3 fully saturated rings. The van der Waals surface area contributed by atoms with Crippen LogP contribution in [0.25, 0.3) is 11.3 Å². The molecule has 4 bridgehead atoms. The summed E-state index contributed by atoms with van der Waals surface area (Å²) >= 11 is 0. The molecule has 46 heavy (non-hydrogen) atoms. The van der Waals surface area contributed by atoms with Crippen LogP contribution >= 0.6 is 0 Å². The van der Waals surface area contributed by atoms with Crippen molar-refractivity contribution in [2.24, 2.45) is 16.6 Å². The van der Waals surface area contributed by atoms with Gasteiger partial charge in [0.25, 0.3) is 15.9 Å². The molecule has 7 rings (SSSR count). The lowest BCUT2D eigenvalue weighted by molar-refractivity contribution is -0.194. The second-order valence-corrected chi connectivity index (χ2v) is 15.4. The number of fused-ring (bicyclic) bond motifs is 4.